The Morgan fingerprint density at radius 1 is 1.20 bits per heavy atom. The van der Waals surface area contributed by atoms with Crippen LogP contribution in [0.1, 0.15) is 36.5 Å². The molecule has 3 rings (SSSR count). The van der Waals surface area contributed by atoms with Crippen LogP contribution in [0, 0.1) is 5.92 Å². The van der Waals surface area contributed by atoms with Crippen molar-refractivity contribution in [2.45, 2.75) is 26.2 Å². The normalized spacial score (nSPS) is 15.2. The highest BCUT2D eigenvalue weighted by molar-refractivity contribution is 7.13. The number of piperidine rings is 1. The number of rotatable bonds is 5. The number of carbonyl (C=O) groups is 2. The van der Waals surface area contributed by atoms with Gasteiger partial charge in [0.1, 0.15) is 0 Å². The van der Waals surface area contributed by atoms with Gasteiger partial charge < -0.3 is 9.64 Å². The predicted octanol–water partition coefficient (Wildman–Crippen LogP) is 4.22. The van der Waals surface area contributed by atoms with E-state index in [1.165, 1.54) is 0 Å². The maximum Gasteiger partial charge on any atom is 0.306 e. The second-order valence-corrected chi connectivity index (χ2v) is 7.22. The highest BCUT2D eigenvalue weighted by atomic mass is 32.1. The van der Waals surface area contributed by atoms with Crippen LogP contribution >= 0.6 is 11.3 Å². The van der Waals surface area contributed by atoms with Crippen LogP contribution in [-0.2, 0) is 9.53 Å². The first kappa shape index (κ1) is 17.7. The fourth-order valence-electron chi connectivity index (χ4n) is 3.18. The molecule has 0 bridgehead atoms. The first-order valence-corrected chi connectivity index (χ1v) is 9.64. The molecule has 1 aliphatic rings. The fourth-order valence-corrected chi connectivity index (χ4v) is 4.07. The number of hydrogen-bond acceptors (Lipinski definition) is 4. The second kappa shape index (κ2) is 8.30. The predicted molar refractivity (Wildman–Crippen MR) is 99.6 cm³/mol. The van der Waals surface area contributed by atoms with E-state index in [9.17, 15) is 9.59 Å². The van der Waals surface area contributed by atoms with Crippen LogP contribution in [0.25, 0.3) is 10.4 Å². The van der Waals surface area contributed by atoms with Gasteiger partial charge in [0.2, 0.25) is 0 Å². The first-order chi connectivity index (χ1) is 12.2. The number of hydrogen-bond donors (Lipinski definition) is 0. The molecule has 2 heterocycles. The van der Waals surface area contributed by atoms with Gasteiger partial charge in [-0.1, -0.05) is 30.3 Å². The van der Waals surface area contributed by atoms with Crippen LogP contribution in [-0.4, -0.2) is 36.5 Å². The topological polar surface area (TPSA) is 46.6 Å². The molecule has 0 unspecified atom stereocenters. The summed E-state index contributed by atoms with van der Waals surface area (Å²) in [7, 11) is 0. The Kier molecular flexibility index (Phi) is 5.87. The summed E-state index contributed by atoms with van der Waals surface area (Å²) < 4.78 is 5.01. The van der Waals surface area contributed by atoms with Crippen molar-refractivity contribution >= 4 is 23.2 Å². The minimum Gasteiger partial charge on any atom is -0.466 e. The van der Waals surface area contributed by atoms with Crippen molar-refractivity contribution in [2.75, 3.05) is 19.7 Å². The van der Waals surface area contributed by atoms with Crippen LogP contribution in [0.3, 0.4) is 0 Å². The van der Waals surface area contributed by atoms with E-state index in [4.69, 9.17) is 4.74 Å². The molecule has 4 nitrogen and oxygen atoms in total. The zero-order valence-corrected chi connectivity index (χ0v) is 15.3. The van der Waals surface area contributed by atoms with Crippen molar-refractivity contribution in [3.8, 4) is 10.4 Å². The Bertz CT molecular complexity index is 718. The van der Waals surface area contributed by atoms with E-state index in [2.05, 4.69) is 12.1 Å². The van der Waals surface area contributed by atoms with Gasteiger partial charge in [0.05, 0.1) is 12.2 Å². The fraction of sp³-hybridized carbons (Fsp3) is 0.400. The van der Waals surface area contributed by atoms with Gasteiger partial charge in [0, 0.05) is 29.8 Å². The molecule has 5 heteroatoms. The van der Waals surface area contributed by atoms with Crippen molar-refractivity contribution in [3.05, 3.63) is 47.3 Å². The van der Waals surface area contributed by atoms with Gasteiger partial charge in [-0.3, -0.25) is 9.59 Å². The molecular weight excluding hydrogens is 334 g/mol. The molecule has 0 N–H and O–H groups in total. The van der Waals surface area contributed by atoms with Gasteiger partial charge >= 0.3 is 5.97 Å². The first-order valence-electron chi connectivity index (χ1n) is 8.76. The smallest absolute Gasteiger partial charge is 0.306 e. The van der Waals surface area contributed by atoms with Crippen LogP contribution in [0.4, 0.5) is 0 Å². The summed E-state index contributed by atoms with van der Waals surface area (Å²) in [6, 6.07) is 12.1. The molecule has 0 aliphatic carbocycles. The summed E-state index contributed by atoms with van der Waals surface area (Å²) in [5.41, 5.74) is 1.90. The van der Waals surface area contributed by atoms with E-state index in [-0.39, 0.29) is 11.9 Å². The van der Waals surface area contributed by atoms with Crippen LogP contribution in [0.5, 0.6) is 0 Å². The Morgan fingerprint density at radius 2 is 1.92 bits per heavy atom. The zero-order chi connectivity index (χ0) is 17.6. The van der Waals surface area contributed by atoms with Gasteiger partial charge in [-0.15, -0.1) is 11.3 Å². The van der Waals surface area contributed by atoms with Crippen molar-refractivity contribution in [2.24, 2.45) is 5.92 Å². The van der Waals surface area contributed by atoms with Crippen LogP contribution in [0.15, 0.2) is 41.8 Å². The summed E-state index contributed by atoms with van der Waals surface area (Å²) in [6.07, 6.45) is 2.19. The zero-order valence-electron chi connectivity index (χ0n) is 14.4. The molecule has 1 amide bonds. The molecule has 25 heavy (non-hydrogen) atoms. The lowest BCUT2D eigenvalue weighted by molar-refractivity contribution is -0.144. The average Bonchev–Trinajstić information content (AvgIpc) is 3.13. The van der Waals surface area contributed by atoms with E-state index in [0.717, 1.165) is 28.8 Å². The molecule has 0 radical (unpaired) electrons. The number of thiophene rings is 1. The van der Waals surface area contributed by atoms with Crippen molar-refractivity contribution < 1.29 is 14.3 Å². The number of benzene rings is 1. The third-order valence-corrected chi connectivity index (χ3v) is 5.55. The minimum atomic E-state index is -0.127. The standard InChI is InChI=1S/C20H23NO3S/c1-2-24-19(22)12-15-8-10-21(11-9-15)20(23)17-13-18(25-14-17)16-6-4-3-5-7-16/h3-7,13-15H,2,8-12H2,1H3. The molecule has 132 valence electrons. The summed E-state index contributed by atoms with van der Waals surface area (Å²) in [5, 5.41) is 1.94. The van der Waals surface area contributed by atoms with Gasteiger partial charge in [0.25, 0.3) is 5.91 Å². The third-order valence-electron chi connectivity index (χ3n) is 4.57. The van der Waals surface area contributed by atoms with E-state index in [1.54, 1.807) is 11.3 Å². The highest BCUT2D eigenvalue weighted by Crippen LogP contribution is 2.29. The van der Waals surface area contributed by atoms with E-state index < -0.39 is 0 Å². The summed E-state index contributed by atoms with van der Waals surface area (Å²) >= 11 is 1.60. The van der Waals surface area contributed by atoms with Crippen molar-refractivity contribution in [3.63, 3.8) is 0 Å². The number of amides is 1. The Labute approximate surface area is 152 Å². The monoisotopic (exact) mass is 357 g/mol. The Morgan fingerprint density at radius 3 is 2.60 bits per heavy atom. The molecule has 1 fully saturated rings. The molecule has 1 aromatic carbocycles. The number of esters is 1. The van der Waals surface area contributed by atoms with Gasteiger partial charge in [-0.2, -0.15) is 0 Å². The molecular formula is C20H23NO3S. The van der Waals surface area contributed by atoms with Crippen LogP contribution in [0.2, 0.25) is 0 Å². The van der Waals surface area contributed by atoms with Crippen molar-refractivity contribution in [1.29, 1.82) is 0 Å². The lowest BCUT2D eigenvalue weighted by Crippen LogP contribution is -2.38. The quantitative estimate of drug-likeness (QED) is 0.753. The molecule has 1 aliphatic heterocycles. The molecule has 1 saturated heterocycles. The number of carbonyl (C=O) groups excluding carboxylic acids is 2. The van der Waals surface area contributed by atoms with Crippen LogP contribution < -0.4 is 0 Å². The lowest BCUT2D eigenvalue weighted by atomic mass is 9.93. The van der Waals surface area contributed by atoms with Gasteiger partial charge in [-0.05, 0) is 37.3 Å². The maximum atomic E-state index is 12.7. The molecule has 0 atom stereocenters. The minimum absolute atomic E-state index is 0.0908. The molecule has 1 aromatic heterocycles. The van der Waals surface area contributed by atoms with Crippen molar-refractivity contribution in [1.82, 2.24) is 4.90 Å². The summed E-state index contributed by atoms with van der Waals surface area (Å²) in [6.45, 7) is 3.67. The maximum absolute atomic E-state index is 12.7. The van der Waals surface area contributed by atoms with E-state index in [0.29, 0.717) is 32.0 Å². The van der Waals surface area contributed by atoms with E-state index >= 15 is 0 Å². The average molecular weight is 357 g/mol. The van der Waals surface area contributed by atoms with Gasteiger partial charge in [-0.25, -0.2) is 0 Å². The second-order valence-electron chi connectivity index (χ2n) is 6.31. The number of likely N-dealkylation sites (tertiary alicyclic amines) is 1. The number of nitrogens with zero attached hydrogens (tertiary/aromatic N) is 1. The third kappa shape index (κ3) is 4.48. The largest absolute Gasteiger partial charge is 0.466 e. The SMILES string of the molecule is CCOC(=O)CC1CCN(C(=O)c2csc(-c3ccccc3)c2)CC1. The van der Waals surface area contributed by atoms with E-state index in [1.807, 2.05) is 41.5 Å². The number of ether oxygens (including phenoxy) is 1. The lowest BCUT2D eigenvalue weighted by Gasteiger charge is -2.31. The molecule has 0 saturated carbocycles. The highest BCUT2D eigenvalue weighted by Gasteiger charge is 2.26. The summed E-state index contributed by atoms with van der Waals surface area (Å²) in [4.78, 5) is 27.3. The Balaban J connectivity index is 1.56. The Hall–Kier alpha value is -2.14. The summed E-state index contributed by atoms with van der Waals surface area (Å²) in [5.74, 6) is 0.288. The molecule has 2 aromatic rings. The molecule has 0 spiro atoms. The van der Waals surface area contributed by atoms with Gasteiger partial charge in [0.15, 0.2) is 0 Å².